The minimum absolute atomic E-state index is 0.0250. The first kappa shape index (κ1) is 17.2. The summed E-state index contributed by atoms with van der Waals surface area (Å²) in [5.74, 6) is -0.684. The summed E-state index contributed by atoms with van der Waals surface area (Å²) in [5, 5.41) is 1.26. The third kappa shape index (κ3) is 3.15. The quantitative estimate of drug-likeness (QED) is 0.570. The number of rotatable bonds is 4. The van der Waals surface area contributed by atoms with E-state index in [0.717, 1.165) is 22.0 Å². The predicted molar refractivity (Wildman–Crippen MR) is 96.2 cm³/mol. The first-order valence-electron chi connectivity index (χ1n) is 7.76. The molecule has 0 fully saturated rings. The summed E-state index contributed by atoms with van der Waals surface area (Å²) < 4.78 is 4.77. The van der Waals surface area contributed by atoms with Gasteiger partial charge in [0, 0.05) is 27.7 Å². The Morgan fingerprint density at radius 3 is 2.72 bits per heavy atom. The van der Waals surface area contributed by atoms with E-state index in [1.165, 1.54) is 7.11 Å². The first-order valence-corrected chi connectivity index (χ1v) is 8.14. The number of hydrogen-bond donors (Lipinski definition) is 1. The van der Waals surface area contributed by atoms with Crippen LogP contribution >= 0.6 is 11.6 Å². The fourth-order valence-corrected chi connectivity index (χ4v) is 2.97. The van der Waals surface area contributed by atoms with Gasteiger partial charge >= 0.3 is 5.97 Å². The average Bonchev–Trinajstić information content (AvgIpc) is 2.94. The molecule has 0 spiro atoms. The number of halogens is 1. The minimum Gasteiger partial charge on any atom is -0.469 e. The number of pyridine rings is 1. The summed E-state index contributed by atoms with van der Waals surface area (Å²) >= 11 is 6.09. The molecule has 1 aromatic carbocycles. The molecule has 1 N–H and O–H groups in total. The molecule has 0 aliphatic heterocycles. The van der Waals surface area contributed by atoms with Gasteiger partial charge in [0.25, 0.3) is 0 Å². The number of aromatic nitrogens is 2. The zero-order chi connectivity index (χ0) is 18.1. The first-order chi connectivity index (χ1) is 11.9. The van der Waals surface area contributed by atoms with E-state index >= 15 is 0 Å². The number of esters is 1. The molecular weight excluding hydrogens is 340 g/mol. The number of benzene rings is 1. The molecule has 0 atom stereocenters. The standard InChI is InChI=1S/C19H17ClN2O3/c1-10-6-7-21-17(11(10)2)19(24)18-14(9-16(23)25-3)13-8-12(20)4-5-15(13)22-18/h4-8,22H,9H2,1-3H3. The topological polar surface area (TPSA) is 72.1 Å². The molecule has 5 nitrogen and oxygen atoms in total. The van der Waals surface area contributed by atoms with E-state index in [1.807, 2.05) is 19.9 Å². The molecule has 0 unspecified atom stereocenters. The van der Waals surface area contributed by atoms with E-state index in [4.69, 9.17) is 16.3 Å². The van der Waals surface area contributed by atoms with Crippen molar-refractivity contribution < 1.29 is 14.3 Å². The fourth-order valence-electron chi connectivity index (χ4n) is 2.79. The molecule has 2 heterocycles. The van der Waals surface area contributed by atoms with E-state index in [0.29, 0.717) is 22.0 Å². The second-order valence-corrected chi connectivity index (χ2v) is 6.29. The van der Waals surface area contributed by atoms with E-state index in [2.05, 4.69) is 9.97 Å². The van der Waals surface area contributed by atoms with Gasteiger partial charge in [0.05, 0.1) is 19.2 Å². The van der Waals surface area contributed by atoms with Crippen molar-refractivity contribution in [1.29, 1.82) is 0 Å². The van der Waals surface area contributed by atoms with Gasteiger partial charge in [0.15, 0.2) is 0 Å². The monoisotopic (exact) mass is 356 g/mol. The molecule has 0 aliphatic carbocycles. The Hall–Kier alpha value is -2.66. The lowest BCUT2D eigenvalue weighted by molar-refractivity contribution is -0.139. The molecule has 2 aromatic heterocycles. The molecule has 6 heteroatoms. The number of nitrogens with zero attached hydrogens (tertiary/aromatic N) is 1. The molecule has 0 saturated heterocycles. The van der Waals surface area contributed by atoms with Crippen LogP contribution in [0.2, 0.25) is 5.02 Å². The van der Waals surface area contributed by atoms with E-state index in [1.54, 1.807) is 24.4 Å². The third-order valence-electron chi connectivity index (χ3n) is 4.33. The molecule has 0 saturated carbocycles. The van der Waals surface area contributed by atoms with Crippen LogP contribution < -0.4 is 0 Å². The zero-order valence-electron chi connectivity index (χ0n) is 14.1. The summed E-state index contributed by atoms with van der Waals surface area (Å²) in [7, 11) is 1.32. The summed E-state index contributed by atoms with van der Waals surface area (Å²) in [4.78, 5) is 32.3. The molecular formula is C19H17ClN2O3. The summed E-state index contributed by atoms with van der Waals surface area (Å²) in [6.07, 6.45) is 1.58. The Bertz CT molecular complexity index is 992. The van der Waals surface area contributed by atoms with Crippen molar-refractivity contribution in [3.8, 4) is 0 Å². The molecule has 0 aliphatic rings. The Balaban J connectivity index is 2.20. The van der Waals surface area contributed by atoms with E-state index in [-0.39, 0.29) is 12.2 Å². The van der Waals surface area contributed by atoms with Crippen molar-refractivity contribution in [3.63, 3.8) is 0 Å². The Morgan fingerprint density at radius 1 is 1.24 bits per heavy atom. The van der Waals surface area contributed by atoms with Gasteiger partial charge in [0.1, 0.15) is 5.69 Å². The number of ketones is 1. The number of carbonyl (C=O) groups excluding carboxylic acids is 2. The lowest BCUT2D eigenvalue weighted by Crippen LogP contribution is -2.13. The number of carbonyl (C=O) groups is 2. The van der Waals surface area contributed by atoms with Gasteiger partial charge < -0.3 is 9.72 Å². The minimum atomic E-state index is -0.427. The van der Waals surface area contributed by atoms with Crippen molar-refractivity contribution in [2.75, 3.05) is 7.11 Å². The summed E-state index contributed by atoms with van der Waals surface area (Å²) in [6, 6.07) is 7.10. The molecule has 128 valence electrons. The van der Waals surface area contributed by atoms with E-state index < -0.39 is 5.97 Å². The van der Waals surface area contributed by atoms with Crippen molar-refractivity contribution in [2.24, 2.45) is 0 Å². The van der Waals surface area contributed by atoms with Crippen LogP contribution in [0.25, 0.3) is 10.9 Å². The number of H-pyrrole nitrogens is 1. The van der Waals surface area contributed by atoms with Crippen LogP contribution in [0.15, 0.2) is 30.5 Å². The van der Waals surface area contributed by atoms with Crippen LogP contribution in [0, 0.1) is 13.8 Å². The number of aromatic amines is 1. The molecule has 3 aromatic rings. The molecule has 0 bridgehead atoms. The Labute approximate surface area is 150 Å². The number of nitrogens with one attached hydrogen (secondary N) is 1. The SMILES string of the molecule is COC(=O)Cc1c(C(=O)c2nccc(C)c2C)[nH]c2ccc(Cl)cc12. The van der Waals surface area contributed by atoms with Gasteiger partial charge in [0.2, 0.25) is 5.78 Å². The molecule has 3 rings (SSSR count). The largest absolute Gasteiger partial charge is 0.469 e. The van der Waals surface area contributed by atoms with Crippen molar-refractivity contribution in [2.45, 2.75) is 20.3 Å². The number of ether oxygens (including phenoxy) is 1. The number of fused-ring (bicyclic) bond motifs is 1. The fraction of sp³-hybridized carbons (Fsp3) is 0.211. The number of hydrogen-bond acceptors (Lipinski definition) is 4. The lowest BCUT2D eigenvalue weighted by Gasteiger charge is -2.07. The summed E-state index contributed by atoms with van der Waals surface area (Å²) in [6.45, 7) is 3.78. The van der Waals surface area contributed by atoms with Crippen LogP contribution in [0.3, 0.4) is 0 Å². The maximum absolute atomic E-state index is 13.1. The smallest absolute Gasteiger partial charge is 0.310 e. The van der Waals surface area contributed by atoms with Gasteiger partial charge in [-0.15, -0.1) is 0 Å². The maximum atomic E-state index is 13.1. The Morgan fingerprint density at radius 2 is 2.00 bits per heavy atom. The van der Waals surface area contributed by atoms with Gasteiger partial charge in [-0.2, -0.15) is 0 Å². The highest BCUT2D eigenvalue weighted by Crippen LogP contribution is 2.28. The predicted octanol–water partition coefficient (Wildman–Crippen LogP) is 3.78. The van der Waals surface area contributed by atoms with Gasteiger partial charge in [-0.05, 0) is 49.2 Å². The zero-order valence-corrected chi connectivity index (χ0v) is 14.9. The molecule has 25 heavy (non-hydrogen) atoms. The van der Waals surface area contributed by atoms with Crippen LogP contribution in [0.4, 0.5) is 0 Å². The van der Waals surface area contributed by atoms with Crippen LogP contribution in [-0.4, -0.2) is 28.8 Å². The Kier molecular flexibility index (Phi) is 4.59. The van der Waals surface area contributed by atoms with Gasteiger partial charge in [-0.25, -0.2) is 0 Å². The van der Waals surface area contributed by atoms with Crippen molar-refractivity contribution in [1.82, 2.24) is 9.97 Å². The average molecular weight is 357 g/mol. The van der Waals surface area contributed by atoms with Gasteiger partial charge in [-0.3, -0.25) is 14.6 Å². The van der Waals surface area contributed by atoms with E-state index in [9.17, 15) is 9.59 Å². The highest BCUT2D eigenvalue weighted by Gasteiger charge is 2.23. The van der Waals surface area contributed by atoms with Crippen molar-refractivity contribution in [3.05, 3.63) is 63.6 Å². The lowest BCUT2D eigenvalue weighted by atomic mass is 10.0. The van der Waals surface area contributed by atoms with Crippen LogP contribution in [-0.2, 0) is 16.0 Å². The second-order valence-electron chi connectivity index (χ2n) is 5.85. The highest BCUT2D eigenvalue weighted by atomic mass is 35.5. The van der Waals surface area contributed by atoms with Gasteiger partial charge in [-0.1, -0.05) is 11.6 Å². The molecule has 0 radical (unpaired) electrons. The normalized spacial score (nSPS) is 10.9. The highest BCUT2D eigenvalue weighted by molar-refractivity contribution is 6.31. The third-order valence-corrected chi connectivity index (χ3v) is 4.57. The molecule has 0 amide bonds. The number of methoxy groups -OCH3 is 1. The van der Waals surface area contributed by atoms with Crippen LogP contribution in [0.1, 0.15) is 32.9 Å². The number of aryl methyl sites for hydroxylation is 1. The van der Waals surface area contributed by atoms with Crippen molar-refractivity contribution >= 4 is 34.3 Å². The second kappa shape index (κ2) is 6.69. The maximum Gasteiger partial charge on any atom is 0.310 e. The van der Waals surface area contributed by atoms with Crippen LogP contribution in [0.5, 0.6) is 0 Å². The summed E-state index contributed by atoms with van der Waals surface area (Å²) in [5.41, 5.74) is 3.79.